The average molecular weight is 302 g/mol. The standard InChI is InChI=1S/C13H13Cl2NOS/c1-8-5-11(12(17)6-14)9(2)16(8)7-10-3-4-13(15)18-10/h3-5H,6-7H2,1-2H3. The van der Waals surface area contributed by atoms with Crippen molar-refractivity contribution in [2.24, 2.45) is 0 Å². The summed E-state index contributed by atoms with van der Waals surface area (Å²) in [5.41, 5.74) is 2.73. The number of rotatable bonds is 4. The second kappa shape index (κ2) is 5.47. The topological polar surface area (TPSA) is 22.0 Å². The highest BCUT2D eigenvalue weighted by Crippen LogP contribution is 2.24. The highest BCUT2D eigenvalue weighted by Gasteiger charge is 2.15. The summed E-state index contributed by atoms with van der Waals surface area (Å²) in [5, 5.41) is 0. The molecule has 0 aliphatic carbocycles. The Kier molecular flexibility index (Phi) is 4.15. The van der Waals surface area contributed by atoms with Gasteiger partial charge in [-0.2, -0.15) is 0 Å². The van der Waals surface area contributed by atoms with Gasteiger partial charge in [-0.3, -0.25) is 4.79 Å². The van der Waals surface area contributed by atoms with Gasteiger partial charge in [-0.1, -0.05) is 11.6 Å². The van der Waals surface area contributed by atoms with Gasteiger partial charge < -0.3 is 4.57 Å². The van der Waals surface area contributed by atoms with Crippen LogP contribution in [0.2, 0.25) is 4.34 Å². The molecule has 0 bridgehead atoms. The number of aryl methyl sites for hydroxylation is 1. The molecule has 2 aromatic heterocycles. The molecule has 0 saturated heterocycles. The average Bonchev–Trinajstić information content (AvgIpc) is 2.87. The molecule has 0 fully saturated rings. The van der Waals surface area contributed by atoms with Crippen molar-refractivity contribution in [3.05, 3.63) is 44.4 Å². The van der Waals surface area contributed by atoms with Crippen LogP contribution in [0.25, 0.3) is 0 Å². The van der Waals surface area contributed by atoms with Crippen LogP contribution in [0.4, 0.5) is 0 Å². The third-order valence-electron chi connectivity index (χ3n) is 2.94. The molecule has 2 aromatic rings. The van der Waals surface area contributed by atoms with Gasteiger partial charge in [0.25, 0.3) is 0 Å². The maximum absolute atomic E-state index is 11.7. The van der Waals surface area contributed by atoms with Crippen molar-refractivity contribution < 1.29 is 4.79 Å². The zero-order valence-electron chi connectivity index (χ0n) is 10.2. The Labute approximate surface area is 120 Å². The first kappa shape index (κ1) is 13.7. The molecule has 0 aliphatic heterocycles. The lowest BCUT2D eigenvalue weighted by Crippen LogP contribution is -2.06. The predicted octanol–water partition coefficient (Wildman–Crippen LogP) is 4.29. The molecule has 0 N–H and O–H groups in total. The molecule has 2 heterocycles. The van der Waals surface area contributed by atoms with Crippen LogP contribution in [0.15, 0.2) is 18.2 Å². The Morgan fingerprint density at radius 1 is 1.39 bits per heavy atom. The van der Waals surface area contributed by atoms with Gasteiger partial charge in [0.05, 0.1) is 16.8 Å². The number of Topliss-reactive ketones (excluding diaryl/α,β-unsaturated/α-hetero) is 1. The Morgan fingerprint density at radius 3 is 2.67 bits per heavy atom. The Morgan fingerprint density at radius 2 is 2.11 bits per heavy atom. The molecule has 0 aromatic carbocycles. The number of ketones is 1. The third-order valence-corrected chi connectivity index (χ3v) is 4.40. The van der Waals surface area contributed by atoms with Gasteiger partial charge in [0.1, 0.15) is 0 Å². The summed E-state index contributed by atoms with van der Waals surface area (Å²) in [6, 6.07) is 5.80. The first-order valence-corrected chi connectivity index (χ1v) is 7.26. The van der Waals surface area contributed by atoms with Crippen molar-refractivity contribution >= 4 is 40.3 Å². The molecular formula is C13H13Cl2NOS. The molecule has 0 aliphatic rings. The van der Waals surface area contributed by atoms with E-state index in [4.69, 9.17) is 23.2 Å². The summed E-state index contributed by atoms with van der Waals surface area (Å²) >= 11 is 13.1. The second-order valence-electron chi connectivity index (χ2n) is 4.13. The minimum absolute atomic E-state index is 0.0229. The van der Waals surface area contributed by atoms with Crippen LogP contribution in [-0.4, -0.2) is 16.2 Å². The minimum atomic E-state index is -0.0276. The largest absolute Gasteiger partial charge is 0.343 e. The molecule has 0 spiro atoms. The van der Waals surface area contributed by atoms with Crippen LogP contribution in [-0.2, 0) is 6.54 Å². The first-order valence-electron chi connectivity index (χ1n) is 5.53. The number of thiophene rings is 1. The highest BCUT2D eigenvalue weighted by atomic mass is 35.5. The normalized spacial score (nSPS) is 10.9. The monoisotopic (exact) mass is 301 g/mol. The molecule has 96 valence electrons. The van der Waals surface area contributed by atoms with Crippen molar-refractivity contribution in [1.82, 2.24) is 4.57 Å². The van der Waals surface area contributed by atoms with E-state index in [-0.39, 0.29) is 11.7 Å². The third kappa shape index (κ3) is 2.63. The number of nitrogens with zero attached hydrogens (tertiary/aromatic N) is 1. The van der Waals surface area contributed by atoms with Crippen molar-refractivity contribution in [2.45, 2.75) is 20.4 Å². The number of hydrogen-bond donors (Lipinski definition) is 0. The van der Waals surface area contributed by atoms with E-state index in [1.807, 2.05) is 32.0 Å². The zero-order chi connectivity index (χ0) is 13.3. The Hall–Kier alpha value is -0.770. The van der Waals surface area contributed by atoms with E-state index < -0.39 is 0 Å². The lowest BCUT2D eigenvalue weighted by molar-refractivity contribution is 0.102. The summed E-state index contributed by atoms with van der Waals surface area (Å²) in [6.07, 6.45) is 0. The fraction of sp³-hybridized carbons (Fsp3) is 0.308. The van der Waals surface area contributed by atoms with Gasteiger partial charge in [0.15, 0.2) is 5.78 Å². The van der Waals surface area contributed by atoms with E-state index in [0.717, 1.165) is 22.3 Å². The van der Waals surface area contributed by atoms with E-state index in [2.05, 4.69) is 4.57 Å². The van der Waals surface area contributed by atoms with Gasteiger partial charge in [-0.25, -0.2) is 0 Å². The predicted molar refractivity (Wildman–Crippen MR) is 77.4 cm³/mol. The zero-order valence-corrected chi connectivity index (χ0v) is 12.5. The van der Waals surface area contributed by atoms with Gasteiger partial charge in [-0.15, -0.1) is 22.9 Å². The number of alkyl halides is 1. The molecule has 0 radical (unpaired) electrons. The lowest BCUT2D eigenvalue weighted by Gasteiger charge is -2.07. The molecule has 18 heavy (non-hydrogen) atoms. The molecule has 0 atom stereocenters. The van der Waals surface area contributed by atoms with Gasteiger partial charge >= 0.3 is 0 Å². The van der Waals surface area contributed by atoms with Crippen molar-refractivity contribution in [3.8, 4) is 0 Å². The number of carbonyl (C=O) groups is 1. The van der Waals surface area contributed by atoms with Crippen LogP contribution in [0.3, 0.4) is 0 Å². The van der Waals surface area contributed by atoms with Crippen LogP contribution in [0.1, 0.15) is 26.6 Å². The van der Waals surface area contributed by atoms with Crippen LogP contribution in [0.5, 0.6) is 0 Å². The number of halogens is 2. The summed E-state index contributed by atoms with van der Waals surface area (Å²) < 4.78 is 2.90. The smallest absolute Gasteiger partial charge is 0.179 e. The Balaban J connectivity index is 2.34. The summed E-state index contributed by atoms with van der Waals surface area (Å²) in [4.78, 5) is 12.9. The summed E-state index contributed by atoms with van der Waals surface area (Å²) in [5.74, 6) is -0.00463. The first-order chi connectivity index (χ1) is 8.52. The SMILES string of the molecule is Cc1cc(C(=O)CCl)c(C)n1Cc1ccc(Cl)s1. The van der Waals surface area contributed by atoms with E-state index >= 15 is 0 Å². The van der Waals surface area contributed by atoms with Crippen molar-refractivity contribution in [2.75, 3.05) is 5.88 Å². The van der Waals surface area contributed by atoms with Crippen LogP contribution >= 0.6 is 34.5 Å². The van der Waals surface area contributed by atoms with Crippen molar-refractivity contribution in [3.63, 3.8) is 0 Å². The number of hydrogen-bond acceptors (Lipinski definition) is 2. The van der Waals surface area contributed by atoms with E-state index in [1.165, 1.54) is 4.88 Å². The highest BCUT2D eigenvalue weighted by molar-refractivity contribution is 7.16. The molecule has 0 amide bonds. The molecule has 2 nitrogen and oxygen atoms in total. The fourth-order valence-electron chi connectivity index (χ4n) is 1.99. The fourth-order valence-corrected chi connectivity index (χ4v) is 3.21. The summed E-state index contributed by atoms with van der Waals surface area (Å²) in [7, 11) is 0. The number of aromatic nitrogens is 1. The maximum atomic E-state index is 11.7. The van der Waals surface area contributed by atoms with E-state index in [9.17, 15) is 4.79 Å². The minimum Gasteiger partial charge on any atom is -0.343 e. The summed E-state index contributed by atoms with van der Waals surface area (Å²) in [6.45, 7) is 4.68. The molecule has 0 unspecified atom stereocenters. The second-order valence-corrected chi connectivity index (χ2v) is 6.20. The number of carbonyl (C=O) groups excluding carboxylic acids is 1. The van der Waals surface area contributed by atoms with Gasteiger partial charge in [0, 0.05) is 21.8 Å². The van der Waals surface area contributed by atoms with Crippen LogP contribution in [0, 0.1) is 13.8 Å². The lowest BCUT2D eigenvalue weighted by atomic mass is 10.2. The van der Waals surface area contributed by atoms with Gasteiger partial charge in [0.2, 0.25) is 0 Å². The molecular weight excluding hydrogens is 289 g/mol. The quantitative estimate of drug-likeness (QED) is 0.610. The van der Waals surface area contributed by atoms with E-state index in [1.54, 1.807) is 11.3 Å². The molecule has 5 heteroatoms. The molecule has 0 saturated carbocycles. The maximum Gasteiger partial charge on any atom is 0.179 e. The van der Waals surface area contributed by atoms with E-state index in [0.29, 0.717) is 5.56 Å². The van der Waals surface area contributed by atoms with Crippen molar-refractivity contribution in [1.29, 1.82) is 0 Å². The molecule has 2 rings (SSSR count). The van der Waals surface area contributed by atoms with Crippen LogP contribution < -0.4 is 0 Å². The van der Waals surface area contributed by atoms with Gasteiger partial charge in [-0.05, 0) is 32.0 Å². The Bertz CT molecular complexity index is 586.